The first-order valence-electron chi connectivity index (χ1n) is 10.7. The van der Waals surface area contributed by atoms with E-state index in [1.807, 2.05) is 29.0 Å². The quantitative estimate of drug-likeness (QED) is 0.329. The van der Waals surface area contributed by atoms with Crippen LogP contribution in [0.4, 0.5) is 4.39 Å². The predicted octanol–water partition coefficient (Wildman–Crippen LogP) is 4.69. The Labute approximate surface area is 201 Å². The van der Waals surface area contributed by atoms with Crippen molar-refractivity contribution in [2.24, 2.45) is 0 Å². The van der Waals surface area contributed by atoms with Crippen LogP contribution in [-0.2, 0) is 34.0 Å². The van der Waals surface area contributed by atoms with Gasteiger partial charge in [-0.1, -0.05) is 12.1 Å². The number of nitrogens with zero attached hydrogens (tertiary/aromatic N) is 2. The standard InChI is InChI=1S/C25H17FN2O6S/c26-17-7-15(22-16(8-17)11-32-25(34-22)14-5-6-35-12-14)10-31-20(29)9-28-13-27-21-18-3-1-2-4-19(18)33-23(21)24(28)30/h1-8,12-13,25H,9-11H2. The second-order valence-electron chi connectivity index (χ2n) is 7.98. The van der Waals surface area contributed by atoms with E-state index in [2.05, 4.69) is 4.98 Å². The first-order valence-corrected chi connectivity index (χ1v) is 11.6. The number of hydrogen-bond donors (Lipinski definition) is 0. The number of fused-ring (bicyclic) bond motifs is 4. The molecule has 10 heteroatoms. The molecule has 35 heavy (non-hydrogen) atoms. The molecule has 1 atom stereocenters. The van der Waals surface area contributed by atoms with E-state index in [4.69, 9.17) is 18.6 Å². The smallest absolute Gasteiger partial charge is 0.326 e. The van der Waals surface area contributed by atoms with E-state index >= 15 is 0 Å². The van der Waals surface area contributed by atoms with Crippen LogP contribution in [0, 0.1) is 5.82 Å². The van der Waals surface area contributed by atoms with Crippen LogP contribution in [0.5, 0.6) is 5.75 Å². The number of hydrogen-bond acceptors (Lipinski definition) is 8. The summed E-state index contributed by atoms with van der Waals surface area (Å²) in [5.74, 6) is -0.764. The Morgan fingerprint density at radius 1 is 1.26 bits per heavy atom. The maximum atomic E-state index is 14.2. The highest BCUT2D eigenvalue weighted by Gasteiger charge is 2.26. The summed E-state index contributed by atoms with van der Waals surface area (Å²) >= 11 is 1.51. The van der Waals surface area contributed by atoms with Gasteiger partial charge in [0.2, 0.25) is 11.9 Å². The van der Waals surface area contributed by atoms with Gasteiger partial charge in [-0.2, -0.15) is 11.3 Å². The summed E-state index contributed by atoms with van der Waals surface area (Å²) in [6.07, 6.45) is 0.651. The van der Waals surface area contributed by atoms with Crippen LogP contribution in [0.2, 0.25) is 0 Å². The van der Waals surface area contributed by atoms with Crippen LogP contribution in [0.3, 0.4) is 0 Å². The lowest BCUT2D eigenvalue weighted by molar-refractivity contribution is -0.146. The number of rotatable bonds is 5. The summed E-state index contributed by atoms with van der Waals surface area (Å²) < 4.78 is 37.9. The maximum absolute atomic E-state index is 14.2. The number of thiophene rings is 1. The molecular formula is C25H17FN2O6S. The predicted molar refractivity (Wildman–Crippen MR) is 124 cm³/mol. The highest BCUT2D eigenvalue weighted by Crippen LogP contribution is 2.37. The Morgan fingerprint density at radius 2 is 2.14 bits per heavy atom. The van der Waals surface area contributed by atoms with E-state index in [1.54, 1.807) is 12.1 Å². The molecule has 1 aliphatic heterocycles. The molecule has 0 amide bonds. The van der Waals surface area contributed by atoms with Gasteiger partial charge in [0.15, 0.2) is 0 Å². The van der Waals surface area contributed by atoms with E-state index in [0.29, 0.717) is 28.0 Å². The fourth-order valence-electron chi connectivity index (χ4n) is 4.03. The lowest BCUT2D eigenvalue weighted by Gasteiger charge is -2.27. The van der Waals surface area contributed by atoms with E-state index < -0.39 is 23.6 Å². The number of carbonyl (C=O) groups is 1. The second-order valence-corrected chi connectivity index (χ2v) is 8.76. The van der Waals surface area contributed by atoms with Crippen LogP contribution in [0.25, 0.3) is 22.1 Å². The van der Waals surface area contributed by atoms with Gasteiger partial charge in [-0.15, -0.1) is 0 Å². The van der Waals surface area contributed by atoms with Gasteiger partial charge in [0.05, 0.1) is 12.9 Å². The first-order chi connectivity index (χ1) is 17.1. The average molecular weight is 492 g/mol. The summed E-state index contributed by atoms with van der Waals surface area (Å²) in [6, 6.07) is 11.6. The van der Waals surface area contributed by atoms with E-state index in [-0.39, 0.29) is 25.3 Å². The molecule has 0 radical (unpaired) electrons. The normalized spacial score (nSPS) is 15.2. The molecule has 2 aromatic carbocycles. The molecule has 1 unspecified atom stereocenters. The molecule has 6 rings (SSSR count). The topological polar surface area (TPSA) is 92.8 Å². The maximum Gasteiger partial charge on any atom is 0.326 e. The van der Waals surface area contributed by atoms with Crippen molar-refractivity contribution in [1.82, 2.24) is 9.55 Å². The third kappa shape index (κ3) is 3.96. The Kier molecular flexibility index (Phi) is 5.31. The van der Waals surface area contributed by atoms with Crippen molar-refractivity contribution < 1.29 is 27.8 Å². The lowest BCUT2D eigenvalue weighted by atomic mass is 10.1. The van der Waals surface area contributed by atoms with Gasteiger partial charge < -0.3 is 18.6 Å². The molecule has 0 N–H and O–H groups in total. The molecule has 0 spiro atoms. The number of halogens is 1. The number of furan rings is 1. The van der Waals surface area contributed by atoms with Gasteiger partial charge in [-0.05, 0) is 35.7 Å². The average Bonchev–Trinajstić information content (AvgIpc) is 3.53. The zero-order chi connectivity index (χ0) is 23.9. The van der Waals surface area contributed by atoms with Gasteiger partial charge in [0.1, 0.15) is 35.8 Å². The molecule has 0 saturated carbocycles. The van der Waals surface area contributed by atoms with Crippen molar-refractivity contribution in [3.63, 3.8) is 0 Å². The van der Waals surface area contributed by atoms with Gasteiger partial charge in [-0.3, -0.25) is 14.2 Å². The van der Waals surface area contributed by atoms with Gasteiger partial charge in [-0.25, -0.2) is 9.37 Å². The van der Waals surface area contributed by atoms with Crippen LogP contribution in [0.1, 0.15) is 23.0 Å². The van der Waals surface area contributed by atoms with Crippen molar-refractivity contribution in [3.8, 4) is 5.75 Å². The van der Waals surface area contributed by atoms with Crippen LogP contribution < -0.4 is 10.3 Å². The first kappa shape index (κ1) is 21.5. The minimum absolute atomic E-state index is 0.0635. The van der Waals surface area contributed by atoms with Crippen LogP contribution in [-0.4, -0.2) is 15.5 Å². The summed E-state index contributed by atoms with van der Waals surface area (Å²) in [7, 11) is 0. The van der Waals surface area contributed by atoms with Crippen molar-refractivity contribution in [3.05, 3.63) is 92.4 Å². The Morgan fingerprint density at radius 3 is 3.00 bits per heavy atom. The number of aromatic nitrogens is 2. The minimum Gasteiger partial charge on any atom is -0.460 e. The van der Waals surface area contributed by atoms with Crippen LogP contribution in [0.15, 0.2) is 68.8 Å². The number of ether oxygens (including phenoxy) is 3. The molecular weight excluding hydrogens is 475 g/mol. The van der Waals surface area contributed by atoms with Crippen molar-refractivity contribution >= 4 is 39.4 Å². The molecule has 4 heterocycles. The number of esters is 1. The molecule has 0 fully saturated rings. The van der Waals surface area contributed by atoms with Gasteiger partial charge in [0.25, 0.3) is 5.56 Å². The highest BCUT2D eigenvalue weighted by molar-refractivity contribution is 7.07. The summed E-state index contributed by atoms with van der Waals surface area (Å²) in [5.41, 5.74) is 2.28. The number of para-hydroxylation sites is 1. The monoisotopic (exact) mass is 492 g/mol. The fraction of sp³-hybridized carbons (Fsp3) is 0.160. The van der Waals surface area contributed by atoms with E-state index in [0.717, 1.165) is 15.5 Å². The van der Waals surface area contributed by atoms with Crippen LogP contribution >= 0.6 is 11.3 Å². The van der Waals surface area contributed by atoms with E-state index in [1.165, 1.54) is 29.8 Å². The Bertz CT molecular complexity index is 1620. The molecule has 8 nitrogen and oxygen atoms in total. The van der Waals surface area contributed by atoms with Gasteiger partial charge >= 0.3 is 5.97 Å². The number of benzene rings is 2. The third-order valence-corrected chi connectivity index (χ3v) is 6.38. The molecule has 1 aliphatic rings. The van der Waals surface area contributed by atoms with Crippen molar-refractivity contribution in [1.29, 1.82) is 0 Å². The molecule has 0 aliphatic carbocycles. The Hall–Kier alpha value is -4.02. The molecule has 3 aromatic heterocycles. The second kappa shape index (κ2) is 8.64. The molecule has 0 saturated heterocycles. The summed E-state index contributed by atoms with van der Waals surface area (Å²) in [5, 5.41) is 4.53. The van der Waals surface area contributed by atoms with E-state index in [9.17, 15) is 14.0 Å². The minimum atomic E-state index is -0.691. The summed E-state index contributed by atoms with van der Waals surface area (Å²) in [4.78, 5) is 29.7. The third-order valence-electron chi connectivity index (χ3n) is 5.68. The molecule has 5 aromatic rings. The fourth-order valence-corrected chi connectivity index (χ4v) is 4.69. The lowest BCUT2D eigenvalue weighted by Crippen LogP contribution is -2.25. The summed E-state index contributed by atoms with van der Waals surface area (Å²) in [6.45, 7) is -0.449. The van der Waals surface area contributed by atoms with Gasteiger partial charge in [0, 0.05) is 27.5 Å². The zero-order valence-corrected chi connectivity index (χ0v) is 18.9. The largest absolute Gasteiger partial charge is 0.460 e. The highest BCUT2D eigenvalue weighted by atomic mass is 32.1. The van der Waals surface area contributed by atoms with Crippen molar-refractivity contribution in [2.45, 2.75) is 26.0 Å². The zero-order valence-electron chi connectivity index (χ0n) is 18.1. The molecule has 0 bridgehead atoms. The Balaban J connectivity index is 1.20. The van der Waals surface area contributed by atoms with Crippen molar-refractivity contribution in [2.75, 3.05) is 0 Å². The molecule has 176 valence electrons. The SMILES string of the molecule is O=C(Cn1cnc2c(oc3ccccc32)c1=O)OCc1cc(F)cc2c1OC(c1ccsc1)OC2. The number of carbonyl (C=O) groups excluding carboxylic acids is 1.